The fourth-order valence-electron chi connectivity index (χ4n) is 1.91. The molecule has 18 heavy (non-hydrogen) atoms. The summed E-state index contributed by atoms with van der Waals surface area (Å²) in [6.45, 7) is 3.92. The lowest BCUT2D eigenvalue weighted by molar-refractivity contribution is -0.140. The smallest absolute Gasteiger partial charge is 0.307 e. The molecule has 0 aromatic heterocycles. The zero-order valence-corrected chi connectivity index (χ0v) is 10.9. The van der Waals surface area contributed by atoms with E-state index in [0.717, 1.165) is 0 Å². The maximum atomic E-state index is 11.8. The second-order valence-corrected chi connectivity index (χ2v) is 5.09. The lowest BCUT2D eigenvalue weighted by Crippen LogP contribution is -2.47. The first kappa shape index (κ1) is 14.5. The molecule has 0 saturated heterocycles. The molecule has 102 valence electrons. The first-order valence-electron chi connectivity index (χ1n) is 6.11. The van der Waals surface area contributed by atoms with E-state index in [2.05, 4.69) is 10.6 Å². The van der Waals surface area contributed by atoms with Gasteiger partial charge in [0, 0.05) is 7.05 Å². The zero-order valence-electron chi connectivity index (χ0n) is 10.9. The predicted molar refractivity (Wildman–Crippen MR) is 64.7 cm³/mol. The van der Waals surface area contributed by atoms with Crippen molar-refractivity contribution in [3.8, 4) is 0 Å². The molecular formula is C12H20N2O4. The fourth-order valence-corrected chi connectivity index (χ4v) is 1.91. The highest BCUT2D eigenvalue weighted by atomic mass is 16.4. The number of nitrogens with one attached hydrogen (secondary N) is 2. The predicted octanol–water partition coefficient (Wildman–Crippen LogP) is -0.0160. The third-order valence-corrected chi connectivity index (χ3v) is 3.03. The minimum absolute atomic E-state index is 0.246. The largest absolute Gasteiger partial charge is 0.481 e. The van der Waals surface area contributed by atoms with Crippen LogP contribution in [0.25, 0.3) is 0 Å². The van der Waals surface area contributed by atoms with Crippen LogP contribution in [0.2, 0.25) is 0 Å². The molecule has 0 heterocycles. The molecule has 0 radical (unpaired) electrons. The number of rotatable bonds is 6. The third-order valence-electron chi connectivity index (χ3n) is 3.03. The van der Waals surface area contributed by atoms with Gasteiger partial charge < -0.3 is 15.7 Å². The van der Waals surface area contributed by atoms with Gasteiger partial charge in [0.05, 0.1) is 11.8 Å². The quantitative estimate of drug-likeness (QED) is 0.622. The first-order valence-corrected chi connectivity index (χ1v) is 6.11. The van der Waals surface area contributed by atoms with E-state index in [1.54, 1.807) is 0 Å². The molecule has 1 unspecified atom stereocenters. The van der Waals surface area contributed by atoms with Crippen LogP contribution in [0.3, 0.4) is 0 Å². The van der Waals surface area contributed by atoms with Crippen molar-refractivity contribution in [1.82, 2.24) is 10.6 Å². The Labute approximate surface area is 106 Å². The van der Waals surface area contributed by atoms with Gasteiger partial charge in [-0.15, -0.1) is 0 Å². The van der Waals surface area contributed by atoms with Gasteiger partial charge in [-0.2, -0.15) is 0 Å². The molecule has 1 fully saturated rings. The van der Waals surface area contributed by atoms with E-state index in [1.165, 1.54) is 7.05 Å². The van der Waals surface area contributed by atoms with Crippen LogP contribution >= 0.6 is 0 Å². The normalized spacial score (nSPS) is 23.3. The second-order valence-electron chi connectivity index (χ2n) is 5.09. The Morgan fingerprint density at radius 1 is 1.28 bits per heavy atom. The molecule has 2 amide bonds. The molecule has 6 heteroatoms. The number of carboxylic acids is 1. The number of hydrogen-bond donors (Lipinski definition) is 3. The van der Waals surface area contributed by atoms with Crippen LogP contribution in [-0.4, -0.2) is 36.0 Å². The molecule has 1 aliphatic carbocycles. The highest BCUT2D eigenvalue weighted by Crippen LogP contribution is 2.38. The Hall–Kier alpha value is -1.59. The molecule has 0 bridgehead atoms. The van der Waals surface area contributed by atoms with E-state index >= 15 is 0 Å². The van der Waals surface area contributed by atoms with E-state index in [0.29, 0.717) is 12.8 Å². The molecule has 1 rings (SSSR count). The highest BCUT2D eigenvalue weighted by Gasteiger charge is 2.48. The van der Waals surface area contributed by atoms with Crippen LogP contribution in [0.4, 0.5) is 0 Å². The van der Waals surface area contributed by atoms with E-state index in [-0.39, 0.29) is 17.7 Å². The summed E-state index contributed by atoms with van der Waals surface area (Å²) < 4.78 is 0. The second kappa shape index (κ2) is 5.84. The van der Waals surface area contributed by atoms with Gasteiger partial charge in [0.15, 0.2) is 0 Å². The molecular weight excluding hydrogens is 236 g/mol. The van der Waals surface area contributed by atoms with Crippen LogP contribution in [0, 0.1) is 17.8 Å². The van der Waals surface area contributed by atoms with Crippen molar-refractivity contribution in [2.24, 2.45) is 17.8 Å². The van der Waals surface area contributed by atoms with Crippen molar-refractivity contribution in [2.75, 3.05) is 7.05 Å². The fraction of sp³-hybridized carbons (Fsp3) is 0.750. The molecule has 3 atom stereocenters. The van der Waals surface area contributed by atoms with Crippen molar-refractivity contribution in [2.45, 2.75) is 32.7 Å². The third kappa shape index (κ3) is 3.72. The molecule has 6 nitrogen and oxygen atoms in total. The van der Waals surface area contributed by atoms with Gasteiger partial charge in [-0.25, -0.2) is 0 Å². The Morgan fingerprint density at radius 2 is 1.89 bits per heavy atom. The number of amides is 2. The van der Waals surface area contributed by atoms with Gasteiger partial charge in [-0.05, 0) is 18.8 Å². The zero-order chi connectivity index (χ0) is 13.9. The summed E-state index contributed by atoms with van der Waals surface area (Å²) in [6.07, 6.45) is 0.902. The number of hydrogen-bond acceptors (Lipinski definition) is 3. The number of aliphatic carboxylic acids is 1. The van der Waals surface area contributed by atoms with Crippen molar-refractivity contribution < 1.29 is 19.5 Å². The lowest BCUT2D eigenvalue weighted by Gasteiger charge is -2.19. The van der Waals surface area contributed by atoms with Crippen LogP contribution in [0.15, 0.2) is 0 Å². The summed E-state index contributed by atoms with van der Waals surface area (Å²) in [5.74, 6) is -2.34. The van der Waals surface area contributed by atoms with Gasteiger partial charge >= 0.3 is 5.97 Å². The highest BCUT2D eigenvalue weighted by molar-refractivity contribution is 5.93. The average Bonchev–Trinajstić information content (AvgIpc) is 3.06. The molecule has 1 saturated carbocycles. The Bertz CT molecular complexity index is 354. The summed E-state index contributed by atoms with van der Waals surface area (Å²) in [5, 5.41) is 13.9. The van der Waals surface area contributed by atoms with Gasteiger partial charge in [-0.1, -0.05) is 13.8 Å². The molecule has 3 N–H and O–H groups in total. The van der Waals surface area contributed by atoms with Crippen molar-refractivity contribution in [3.63, 3.8) is 0 Å². The molecule has 0 aromatic carbocycles. The number of likely N-dealkylation sites (N-methyl/N-ethyl adjacent to an activating group) is 1. The van der Waals surface area contributed by atoms with Crippen molar-refractivity contribution in [3.05, 3.63) is 0 Å². The first-order chi connectivity index (χ1) is 8.36. The number of carbonyl (C=O) groups is 3. The molecule has 0 spiro atoms. The maximum absolute atomic E-state index is 11.8. The van der Waals surface area contributed by atoms with Crippen LogP contribution in [0.1, 0.15) is 26.7 Å². The summed E-state index contributed by atoms with van der Waals surface area (Å²) in [6, 6.07) is -0.586. The minimum Gasteiger partial charge on any atom is -0.481 e. The monoisotopic (exact) mass is 256 g/mol. The Balaban J connectivity index is 2.53. The topological polar surface area (TPSA) is 95.5 Å². The molecule has 0 aromatic rings. The molecule has 0 aliphatic heterocycles. The van der Waals surface area contributed by atoms with Crippen LogP contribution in [0.5, 0.6) is 0 Å². The van der Waals surface area contributed by atoms with E-state index < -0.39 is 23.8 Å². The summed E-state index contributed by atoms with van der Waals surface area (Å²) in [4.78, 5) is 34.0. The van der Waals surface area contributed by atoms with Gasteiger partial charge in [0.2, 0.25) is 11.8 Å². The average molecular weight is 256 g/mol. The van der Waals surface area contributed by atoms with E-state index in [1.807, 2.05) is 13.8 Å². The SMILES string of the molecule is CNC(=O)C(CC(C)C)NC(=O)[C@@H]1C[C@@H]1C(=O)O. The number of carbonyl (C=O) groups excluding carboxylic acids is 2. The maximum Gasteiger partial charge on any atom is 0.307 e. The Kier molecular flexibility index (Phi) is 4.69. The van der Waals surface area contributed by atoms with Gasteiger partial charge in [0.25, 0.3) is 0 Å². The van der Waals surface area contributed by atoms with Crippen LogP contribution in [-0.2, 0) is 14.4 Å². The lowest BCUT2D eigenvalue weighted by atomic mass is 10.0. The number of carboxylic acid groups (broad SMARTS) is 1. The summed E-state index contributed by atoms with van der Waals surface area (Å²) in [7, 11) is 1.51. The minimum atomic E-state index is -0.949. The van der Waals surface area contributed by atoms with E-state index in [4.69, 9.17) is 5.11 Å². The van der Waals surface area contributed by atoms with Crippen molar-refractivity contribution in [1.29, 1.82) is 0 Å². The van der Waals surface area contributed by atoms with Gasteiger partial charge in [-0.3, -0.25) is 14.4 Å². The molecule has 1 aliphatic rings. The summed E-state index contributed by atoms with van der Waals surface area (Å²) in [5.41, 5.74) is 0. The van der Waals surface area contributed by atoms with Crippen molar-refractivity contribution >= 4 is 17.8 Å². The van der Waals surface area contributed by atoms with E-state index in [9.17, 15) is 14.4 Å². The standard InChI is InChI=1S/C12H20N2O4/c1-6(2)4-9(11(16)13-3)14-10(15)7-5-8(7)12(17)18/h6-9H,4-5H2,1-3H3,(H,13,16)(H,14,15)(H,17,18)/t7-,8+,9?/m1/s1. The Morgan fingerprint density at radius 3 is 2.28 bits per heavy atom. The summed E-state index contributed by atoms with van der Waals surface area (Å²) >= 11 is 0. The van der Waals surface area contributed by atoms with Gasteiger partial charge in [0.1, 0.15) is 6.04 Å². The van der Waals surface area contributed by atoms with Crippen LogP contribution < -0.4 is 10.6 Å².